The Morgan fingerprint density at radius 2 is 1.66 bits per heavy atom. The summed E-state index contributed by atoms with van der Waals surface area (Å²) >= 11 is 6.12. The minimum absolute atomic E-state index is 0.0496. The van der Waals surface area contributed by atoms with Crippen LogP contribution in [-0.2, 0) is 16.6 Å². The number of urea groups is 1. The van der Waals surface area contributed by atoms with E-state index in [1.165, 1.54) is 10.6 Å². The third-order valence-electron chi connectivity index (χ3n) is 6.92. The number of benzene rings is 2. The van der Waals surface area contributed by atoms with Crippen LogP contribution < -0.4 is 0 Å². The fourth-order valence-electron chi connectivity index (χ4n) is 4.93. The number of hydrogen-bond acceptors (Lipinski definition) is 5. The van der Waals surface area contributed by atoms with E-state index in [9.17, 15) is 13.2 Å². The number of likely N-dealkylation sites (N-methyl/N-ethyl adjacent to an activating group) is 1. The van der Waals surface area contributed by atoms with Gasteiger partial charge in [0.15, 0.2) is 0 Å². The maximum Gasteiger partial charge on any atom is 0.320 e. The first kappa shape index (κ1) is 25.5. The summed E-state index contributed by atoms with van der Waals surface area (Å²) in [6, 6.07) is 17.6. The largest absolute Gasteiger partial charge is 0.322 e. The number of carbonyl (C=O) groups excluding carboxylic acids is 1. The third kappa shape index (κ3) is 5.96. The number of piperazine rings is 1. The van der Waals surface area contributed by atoms with Crippen molar-refractivity contribution < 1.29 is 13.2 Å². The first-order valence-corrected chi connectivity index (χ1v) is 13.8. The summed E-state index contributed by atoms with van der Waals surface area (Å²) in [4.78, 5) is 19.3. The lowest BCUT2D eigenvalue weighted by atomic mass is 9.93. The molecule has 2 atom stereocenters. The predicted octanol–water partition coefficient (Wildman–Crippen LogP) is 2.81. The Kier molecular flexibility index (Phi) is 7.67. The van der Waals surface area contributed by atoms with Crippen molar-refractivity contribution >= 4 is 27.7 Å². The number of hydrogen-bond donors (Lipinski definition) is 0. The second-order valence-electron chi connectivity index (χ2n) is 9.29. The predicted molar refractivity (Wildman–Crippen MR) is 136 cm³/mol. The summed E-state index contributed by atoms with van der Waals surface area (Å²) in [5.41, 5.74) is 2.86. The number of halogens is 1. The van der Waals surface area contributed by atoms with Gasteiger partial charge in [0.2, 0.25) is 10.0 Å². The van der Waals surface area contributed by atoms with Crippen molar-refractivity contribution in [3.63, 3.8) is 0 Å². The van der Waals surface area contributed by atoms with Crippen LogP contribution >= 0.6 is 11.6 Å². The minimum Gasteiger partial charge on any atom is -0.322 e. The van der Waals surface area contributed by atoms with E-state index in [1.807, 2.05) is 53.4 Å². The molecule has 0 bridgehead atoms. The molecular weight excluding hydrogens is 486 g/mol. The number of likely N-dealkylation sites (tertiary alicyclic amines) is 1. The molecule has 0 unspecified atom stereocenters. The molecular formula is C25H30ClN5O3S. The molecule has 0 aromatic heterocycles. The van der Waals surface area contributed by atoms with Gasteiger partial charge >= 0.3 is 6.03 Å². The van der Waals surface area contributed by atoms with Crippen LogP contribution in [-0.4, -0.2) is 92.1 Å². The van der Waals surface area contributed by atoms with Crippen molar-refractivity contribution in [2.45, 2.75) is 18.5 Å². The normalized spacial score (nSPS) is 21.3. The highest BCUT2D eigenvalue weighted by atomic mass is 35.5. The van der Waals surface area contributed by atoms with E-state index < -0.39 is 10.0 Å². The zero-order valence-electron chi connectivity index (χ0n) is 20.0. The monoisotopic (exact) mass is 515 g/mol. The van der Waals surface area contributed by atoms with E-state index in [1.54, 1.807) is 4.90 Å². The highest BCUT2D eigenvalue weighted by Gasteiger charge is 2.40. The smallest absolute Gasteiger partial charge is 0.320 e. The zero-order chi connectivity index (χ0) is 25.2. The van der Waals surface area contributed by atoms with E-state index in [-0.39, 0.29) is 18.0 Å². The molecule has 4 rings (SSSR count). The number of nitrogens with zero attached hydrogens (tertiary/aromatic N) is 5. The highest BCUT2D eigenvalue weighted by molar-refractivity contribution is 7.88. The molecule has 8 nitrogen and oxygen atoms in total. The van der Waals surface area contributed by atoms with Gasteiger partial charge in [-0.3, -0.25) is 4.90 Å². The van der Waals surface area contributed by atoms with Crippen LogP contribution in [0.4, 0.5) is 4.79 Å². The Labute approximate surface area is 212 Å². The Morgan fingerprint density at radius 3 is 2.23 bits per heavy atom. The van der Waals surface area contributed by atoms with Gasteiger partial charge in [-0.05, 0) is 42.4 Å². The minimum atomic E-state index is -3.25. The molecule has 0 saturated carbocycles. The van der Waals surface area contributed by atoms with E-state index in [2.05, 4.69) is 18.0 Å². The van der Waals surface area contributed by atoms with Crippen LogP contribution in [0.1, 0.15) is 22.6 Å². The first-order chi connectivity index (χ1) is 16.7. The van der Waals surface area contributed by atoms with Crippen LogP contribution in [0.25, 0.3) is 0 Å². The van der Waals surface area contributed by atoms with Crippen LogP contribution in [0.5, 0.6) is 0 Å². The lowest BCUT2D eigenvalue weighted by molar-refractivity contribution is 0.138. The maximum absolute atomic E-state index is 13.4. The first-order valence-electron chi connectivity index (χ1n) is 11.6. The number of rotatable bonds is 5. The Bertz CT molecular complexity index is 1190. The van der Waals surface area contributed by atoms with Gasteiger partial charge in [0.25, 0.3) is 0 Å². The van der Waals surface area contributed by atoms with Crippen molar-refractivity contribution in [2.75, 3.05) is 52.6 Å². The van der Waals surface area contributed by atoms with Gasteiger partial charge in [-0.1, -0.05) is 35.9 Å². The van der Waals surface area contributed by atoms with Gasteiger partial charge in [-0.25, -0.2) is 13.2 Å². The Balaban J connectivity index is 1.49. The number of nitriles is 1. The zero-order valence-corrected chi connectivity index (χ0v) is 21.5. The van der Waals surface area contributed by atoms with Crippen molar-refractivity contribution in [3.05, 3.63) is 70.2 Å². The van der Waals surface area contributed by atoms with Crippen LogP contribution in [0.2, 0.25) is 5.02 Å². The maximum atomic E-state index is 13.4. The average molecular weight is 516 g/mol. The van der Waals surface area contributed by atoms with E-state index in [0.29, 0.717) is 56.4 Å². The molecule has 2 amide bonds. The molecule has 0 spiro atoms. The second kappa shape index (κ2) is 10.5. The molecule has 186 valence electrons. The van der Waals surface area contributed by atoms with Crippen molar-refractivity contribution in [1.82, 2.24) is 19.0 Å². The topological polar surface area (TPSA) is 88.0 Å². The summed E-state index contributed by atoms with van der Waals surface area (Å²) < 4.78 is 25.1. The molecule has 35 heavy (non-hydrogen) atoms. The van der Waals surface area contributed by atoms with Gasteiger partial charge in [0, 0.05) is 62.8 Å². The van der Waals surface area contributed by atoms with Crippen LogP contribution in [0, 0.1) is 11.3 Å². The molecule has 0 radical (unpaired) electrons. The molecule has 2 saturated heterocycles. The summed E-state index contributed by atoms with van der Waals surface area (Å²) in [5, 5.41) is 9.73. The lowest BCUT2D eigenvalue weighted by Crippen LogP contribution is -2.53. The number of amides is 2. The van der Waals surface area contributed by atoms with Crippen molar-refractivity contribution in [2.24, 2.45) is 0 Å². The molecule has 10 heteroatoms. The van der Waals surface area contributed by atoms with E-state index >= 15 is 0 Å². The molecule has 2 aliphatic rings. The molecule has 2 fully saturated rings. The van der Waals surface area contributed by atoms with Gasteiger partial charge in [-0.15, -0.1) is 0 Å². The van der Waals surface area contributed by atoms with E-state index in [0.717, 1.165) is 11.1 Å². The quantitative estimate of drug-likeness (QED) is 0.611. The summed E-state index contributed by atoms with van der Waals surface area (Å²) in [5.74, 6) is 0.108. The van der Waals surface area contributed by atoms with Crippen molar-refractivity contribution in [1.29, 1.82) is 5.26 Å². The Morgan fingerprint density at radius 1 is 1.03 bits per heavy atom. The molecule has 0 N–H and O–H groups in total. The molecule has 0 aliphatic carbocycles. The Hall–Kier alpha value is -2.64. The fraction of sp³-hybridized carbons (Fsp3) is 0.440. The number of sulfonamides is 1. The third-order valence-corrected chi connectivity index (χ3v) is 8.47. The SMILES string of the molecule is CN(Cc1ccc(C#N)cc1)[C@H]1CN(C(=O)N2CCN(S(C)(=O)=O)CC2)C[C@@H]1c1ccc(Cl)cc1. The van der Waals surface area contributed by atoms with Crippen molar-refractivity contribution in [3.8, 4) is 6.07 Å². The summed E-state index contributed by atoms with van der Waals surface area (Å²) in [6.07, 6.45) is 1.20. The average Bonchev–Trinajstić information content (AvgIpc) is 3.30. The van der Waals surface area contributed by atoms with E-state index in [4.69, 9.17) is 16.9 Å². The van der Waals surface area contributed by atoms with Crippen LogP contribution in [0.15, 0.2) is 48.5 Å². The summed E-state index contributed by atoms with van der Waals surface area (Å²) in [7, 11) is -1.19. The number of carbonyl (C=O) groups is 1. The molecule has 2 heterocycles. The molecule has 2 aromatic rings. The molecule has 2 aliphatic heterocycles. The van der Waals surface area contributed by atoms with Crippen LogP contribution in [0.3, 0.4) is 0 Å². The fourth-order valence-corrected chi connectivity index (χ4v) is 5.88. The van der Waals surface area contributed by atoms with Gasteiger partial charge in [0.1, 0.15) is 0 Å². The standard InChI is InChI=1S/C25H30ClN5O3S/c1-28(16-20-5-3-19(15-27)4-6-20)24-18-30(17-23(24)21-7-9-22(26)10-8-21)25(32)29-11-13-31(14-12-29)35(2,33)34/h3-10,23-24H,11-14,16-18H2,1-2H3/t23-,24+/m1/s1. The lowest BCUT2D eigenvalue weighted by Gasteiger charge is -2.35. The van der Waals surface area contributed by atoms with Gasteiger partial charge < -0.3 is 9.80 Å². The van der Waals surface area contributed by atoms with Gasteiger partial charge in [-0.2, -0.15) is 9.57 Å². The molecule has 2 aromatic carbocycles. The second-order valence-corrected chi connectivity index (χ2v) is 11.7. The summed E-state index contributed by atoms with van der Waals surface area (Å²) in [6.45, 7) is 3.26. The van der Waals surface area contributed by atoms with Gasteiger partial charge in [0.05, 0.1) is 17.9 Å². The highest BCUT2D eigenvalue weighted by Crippen LogP contribution is 2.33.